The first-order chi connectivity index (χ1) is 24.3. The Morgan fingerprint density at radius 3 is 2.00 bits per heavy atom. The van der Waals surface area contributed by atoms with Crippen molar-refractivity contribution in [2.45, 2.75) is 0 Å². The van der Waals surface area contributed by atoms with E-state index in [1.165, 1.54) is 0 Å². The molecule has 0 spiro atoms. The van der Waals surface area contributed by atoms with E-state index in [2.05, 4.69) is 132 Å². The minimum Gasteiger partial charge on any atom is -0.456 e. The van der Waals surface area contributed by atoms with Crippen LogP contribution in [0.2, 0.25) is 0 Å². The molecule has 0 radical (unpaired) electrons. The second kappa shape index (κ2) is 11.0. The van der Waals surface area contributed by atoms with Gasteiger partial charge in [0.1, 0.15) is 16.7 Å². The first kappa shape index (κ1) is 27.5. The molecule has 8 aromatic carbocycles. The van der Waals surface area contributed by atoms with Crippen LogP contribution in [-0.4, -0.2) is 4.98 Å². The molecular formula is C45H28N2O2. The number of oxazole rings is 1. The highest BCUT2D eigenvalue weighted by Gasteiger charge is 2.23. The van der Waals surface area contributed by atoms with E-state index in [-0.39, 0.29) is 0 Å². The van der Waals surface area contributed by atoms with Crippen molar-refractivity contribution < 1.29 is 8.83 Å². The van der Waals surface area contributed by atoms with E-state index in [4.69, 9.17) is 13.8 Å². The van der Waals surface area contributed by atoms with Crippen LogP contribution in [0.5, 0.6) is 0 Å². The second-order valence-corrected chi connectivity index (χ2v) is 12.3. The third-order valence-electron chi connectivity index (χ3n) is 9.47. The number of hydrogen-bond acceptors (Lipinski definition) is 4. The number of rotatable bonds is 5. The molecule has 0 atom stereocenters. The topological polar surface area (TPSA) is 42.4 Å². The molecule has 0 aliphatic rings. The molecule has 0 amide bonds. The lowest BCUT2D eigenvalue weighted by atomic mass is 9.98. The molecule has 0 saturated heterocycles. The van der Waals surface area contributed by atoms with Crippen molar-refractivity contribution in [3.63, 3.8) is 0 Å². The van der Waals surface area contributed by atoms with Crippen LogP contribution < -0.4 is 4.90 Å². The predicted molar refractivity (Wildman–Crippen MR) is 202 cm³/mol. The lowest BCUT2D eigenvalue weighted by Gasteiger charge is -2.29. The van der Waals surface area contributed by atoms with Crippen molar-refractivity contribution in [2.24, 2.45) is 0 Å². The zero-order chi connectivity index (χ0) is 32.3. The number of anilines is 3. The van der Waals surface area contributed by atoms with Crippen molar-refractivity contribution in [2.75, 3.05) is 4.90 Å². The Morgan fingerprint density at radius 2 is 1.12 bits per heavy atom. The van der Waals surface area contributed by atoms with Crippen LogP contribution in [0.4, 0.5) is 17.1 Å². The van der Waals surface area contributed by atoms with Crippen molar-refractivity contribution in [3.8, 4) is 22.6 Å². The molecule has 2 heterocycles. The number of aromatic nitrogens is 1. The summed E-state index contributed by atoms with van der Waals surface area (Å²) in [6.07, 6.45) is 0. The van der Waals surface area contributed by atoms with Gasteiger partial charge in [-0.05, 0) is 76.3 Å². The van der Waals surface area contributed by atoms with Gasteiger partial charge in [-0.25, -0.2) is 4.98 Å². The molecule has 0 aliphatic carbocycles. The maximum absolute atomic E-state index is 6.58. The van der Waals surface area contributed by atoms with Gasteiger partial charge >= 0.3 is 0 Å². The molecule has 230 valence electrons. The fourth-order valence-corrected chi connectivity index (χ4v) is 7.23. The molecule has 0 fully saturated rings. The minimum absolute atomic E-state index is 0.619. The van der Waals surface area contributed by atoms with Crippen molar-refractivity contribution in [3.05, 3.63) is 170 Å². The van der Waals surface area contributed by atoms with Gasteiger partial charge < -0.3 is 13.7 Å². The van der Waals surface area contributed by atoms with Gasteiger partial charge in [0.25, 0.3) is 0 Å². The number of hydrogen-bond donors (Lipinski definition) is 0. The van der Waals surface area contributed by atoms with Gasteiger partial charge in [0.05, 0.1) is 16.8 Å². The molecule has 4 nitrogen and oxygen atoms in total. The first-order valence-electron chi connectivity index (χ1n) is 16.5. The second-order valence-electron chi connectivity index (χ2n) is 12.3. The summed E-state index contributed by atoms with van der Waals surface area (Å²) in [7, 11) is 0. The van der Waals surface area contributed by atoms with Gasteiger partial charge in [-0.3, -0.25) is 0 Å². The Morgan fingerprint density at radius 1 is 0.449 bits per heavy atom. The van der Waals surface area contributed by atoms with Crippen LogP contribution in [0.1, 0.15) is 0 Å². The lowest BCUT2D eigenvalue weighted by Crippen LogP contribution is -2.11. The smallest absolute Gasteiger partial charge is 0.227 e. The Bertz CT molecular complexity index is 2830. The molecule has 10 aromatic rings. The molecule has 0 aliphatic heterocycles. The van der Waals surface area contributed by atoms with Crippen molar-refractivity contribution >= 4 is 71.6 Å². The summed E-state index contributed by atoms with van der Waals surface area (Å²) in [4.78, 5) is 7.28. The van der Waals surface area contributed by atoms with Crippen LogP contribution in [-0.2, 0) is 0 Å². The third-order valence-corrected chi connectivity index (χ3v) is 9.47. The third kappa shape index (κ3) is 4.42. The Hall–Kier alpha value is -6.65. The largest absolute Gasteiger partial charge is 0.456 e. The molecule has 10 rings (SSSR count). The molecule has 49 heavy (non-hydrogen) atoms. The molecule has 2 aromatic heterocycles. The molecular weight excluding hydrogens is 601 g/mol. The molecule has 0 saturated carbocycles. The van der Waals surface area contributed by atoms with E-state index >= 15 is 0 Å². The Labute approximate surface area is 282 Å². The summed E-state index contributed by atoms with van der Waals surface area (Å²) in [5.41, 5.74) is 9.73. The molecule has 4 heteroatoms. The van der Waals surface area contributed by atoms with Gasteiger partial charge in [-0.2, -0.15) is 0 Å². The average molecular weight is 629 g/mol. The van der Waals surface area contributed by atoms with E-state index in [0.29, 0.717) is 5.89 Å². The van der Waals surface area contributed by atoms with Crippen LogP contribution in [0.25, 0.3) is 77.2 Å². The van der Waals surface area contributed by atoms with Gasteiger partial charge in [-0.1, -0.05) is 115 Å². The van der Waals surface area contributed by atoms with Gasteiger partial charge in [0, 0.05) is 27.6 Å². The van der Waals surface area contributed by atoms with Crippen LogP contribution >= 0.6 is 0 Å². The Balaban J connectivity index is 1.28. The summed E-state index contributed by atoms with van der Waals surface area (Å²) in [6.45, 7) is 0. The molecule has 0 N–H and O–H groups in total. The summed E-state index contributed by atoms with van der Waals surface area (Å²) >= 11 is 0. The summed E-state index contributed by atoms with van der Waals surface area (Å²) in [5.74, 6) is 0.619. The number of fused-ring (bicyclic) bond motifs is 8. The maximum Gasteiger partial charge on any atom is 0.227 e. The number of nitrogens with zero attached hydrogens (tertiary/aromatic N) is 2. The summed E-state index contributed by atoms with van der Waals surface area (Å²) < 4.78 is 13.0. The Kier molecular flexibility index (Phi) is 6.15. The molecule has 0 bridgehead atoms. The molecule has 0 unspecified atom stereocenters. The quantitative estimate of drug-likeness (QED) is 0.178. The van der Waals surface area contributed by atoms with Crippen molar-refractivity contribution in [1.82, 2.24) is 4.98 Å². The SMILES string of the molecule is c1ccc(-c2nc3ccc4ccc5ccc(N(c6ccccc6-c6ccccc6)c6cccc7oc8ccccc8c67)cc5c4c3o2)cc1. The fourth-order valence-electron chi connectivity index (χ4n) is 7.23. The standard InChI is InChI=1S/C45H28N2O2/c1-3-12-29(13-4-1)34-16-7-9-18-38(34)47(39-19-11-21-41-43(39)35-17-8-10-20-40(35)48-41)33-26-24-30-22-23-31-25-27-37-44(42(31)36(30)28-33)49-45(46-37)32-14-5-2-6-15-32/h1-28H. The number of furan rings is 1. The summed E-state index contributed by atoms with van der Waals surface area (Å²) in [6, 6.07) is 59.2. The maximum atomic E-state index is 6.58. The van der Waals surface area contributed by atoms with Crippen molar-refractivity contribution in [1.29, 1.82) is 0 Å². The first-order valence-corrected chi connectivity index (χ1v) is 16.5. The van der Waals surface area contributed by atoms with E-state index in [0.717, 1.165) is 88.3 Å². The van der Waals surface area contributed by atoms with E-state index in [1.54, 1.807) is 0 Å². The zero-order valence-electron chi connectivity index (χ0n) is 26.4. The van der Waals surface area contributed by atoms with Crippen LogP contribution in [0.3, 0.4) is 0 Å². The monoisotopic (exact) mass is 628 g/mol. The highest BCUT2D eigenvalue weighted by Crippen LogP contribution is 2.47. The number of benzene rings is 8. The summed E-state index contributed by atoms with van der Waals surface area (Å²) in [5, 5.41) is 6.54. The van der Waals surface area contributed by atoms with E-state index < -0.39 is 0 Å². The zero-order valence-corrected chi connectivity index (χ0v) is 26.4. The highest BCUT2D eigenvalue weighted by molar-refractivity contribution is 6.19. The predicted octanol–water partition coefficient (Wildman–Crippen LogP) is 12.8. The average Bonchev–Trinajstić information content (AvgIpc) is 3.78. The minimum atomic E-state index is 0.619. The van der Waals surface area contributed by atoms with Gasteiger partial charge in [-0.15, -0.1) is 0 Å². The van der Waals surface area contributed by atoms with Crippen LogP contribution in [0, 0.1) is 0 Å². The van der Waals surface area contributed by atoms with Gasteiger partial charge in [0.15, 0.2) is 5.58 Å². The fraction of sp³-hybridized carbons (Fsp3) is 0. The lowest BCUT2D eigenvalue weighted by molar-refractivity contribution is 0.623. The van der Waals surface area contributed by atoms with E-state index in [1.807, 2.05) is 42.5 Å². The highest BCUT2D eigenvalue weighted by atomic mass is 16.3. The van der Waals surface area contributed by atoms with E-state index in [9.17, 15) is 0 Å². The normalized spacial score (nSPS) is 11.7. The van der Waals surface area contributed by atoms with Gasteiger partial charge in [0.2, 0.25) is 5.89 Å². The van der Waals surface area contributed by atoms with Crippen LogP contribution in [0.15, 0.2) is 179 Å². The number of para-hydroxylation sites is 2.